The number of aromatic amines is 1. The van der Waals surface area contributed by atoms with Crippen molar-refractivity contribution >= 4 is 23.8 Å². The lowest BCUT2D eigenvalue weighted by Crippen LogP contribution is -2.28. The van der Waals surface area contributed by atoms with Crippen molar-refractivity contribution in [2.45, 2.75) is 33.8 Å². The van der Waals surface area contributed by atoms with Gasteiger partial charge in [0.05, 0.1) is 23.4 Å². The minimum atomic E-state index is -1.03. The van der Waals surface area contributed by atoms with Crippen LogP contribution in [0.2, 0.25) is 0 Å². The summed E-state index contributed by atoms with van der Waals surface area (Å²) in [6.07, 6.45) is 0.661. The second-order valence-electron chi connectivity index (χ2n) is 6.75. The van der Waals surface area contributed by atoms with Gasteiger partial charge in [-0.05, 0) is 45.4 Å². The maximum atomic E-state index is 12.8. The van der Waals surface area contributed by atoms with Crippen LogP contribution < -0.4 is 4.74 Å². The van der Waals surface area contributed by atoms with Crippen molar-refractivity contribution in [2.24, 2.45) is 0 Å². The molecule has 0 aliphatic carbocycles. The third-order valence-electron chi connectivity index (χ3n) is 4.71. The normalized spacial score (nSPS) is 13.6. The number of fused-ring (bicyclic) bond motifs is 1. The molecule has 0 saturated heterocycles. The number of Topliss-reactive ketones (excluding diaryl/α,β-unsaturated/α-hetero) is 1. The maximum Gasteiger partial charge on any atom is 0.340 e. The fourth-order valence-corrected chi connectivity index (χ4v) is 3.23. The fourth-order valence-electron chi connectivity index (χ4n) is 3.23. The van der Waals surface area contributed by atoms with Crippen molar-refractivity contribution in [3.63, 3.8) is 0 Å². The number of nitrogens with one attached hydrogen (secondary N) is 1. The highest BCUT2D eigenvalue weighted by Gasteiger charge is 2.29. The molecule has 29 heavy (non-hydrogen) atoms. The van der Waals surface area contributed by atoms with Crippen LogP contribution in [0.4, 0.5) is 0 Å². The van der Waals surface area contributed by atoms with Crippen molar-refractivity contribution in [3.8, 4) is 5.75 Å². The topological polar surface area (TPSA) is 94.7 Å². The molecule has 0 spiro atoms. The lowest BCUT2D eigenvalue weighted by Gasteiger charge is -2.18. The molecular formula is C22H23NO6. The highest BCUT2D eigenvalue weighted by molar-refractivity contribution is 6.05. The third kappa shape index (κ3) is 4.08. The van der Waals surface area contributed by atoms with Crippen LogP contribution in [-0.4, -0.2) is 42.0 Å². The summed E-state index contributed by atoms with van der Waals surface area (Å²) in [5, 5.41) is 0. The minimum Gasteiger partial charge on any atom is -0.488 e. The van der Waals surface area contributed by atoms with Crippen molar-refractivity contribution < 1.29 is 28.6 Å². The summed E-state index contributed by atoms with van der Waals surface area (Å²) in [6.45, 7) is 6.87. The van der Waals surface area contributed by atoms with E-state index in [0.717, 1.165) is 5.56 Å². The number of esters is 2. The van der Waals surface area contributed by atoms with Gasteiger partial charge in [-0.3, -0.25) is 4.79 Å². The maximum absolute atomic E-state index is 12.8. The Morgan fingerprint density at radius 2 is 1.90 bits per heavy atom. The summed E-state index contributed by atoms with van der Waals surface area (Å²) in [7, 11) is 0. The molecule has 7 heteroatoms. The lowest BCUT2D eigenvalue weighted by molar-refractivity contribution is -0.141. The second kappa shape index (κ2) is 8.34. The van der Waals surface area contributed by atoms with Gasteiger partial charge >= 0.3 is 11.9 Å². The zero-order valence-corrected chi connectivity index (χ0v) is 16.8. The quantitative estimate of drug-likeness (QED) is 0.593. The Morgan fingerprint density at radius 1 is 1.17 bits per heavy atom. The van der Waals surface area contributed by atoms with Crippen molar-refractivity contribution in [2.75, 3.05) is 13.2 Å². The first kappa shape index (κ1) is 20.4. The summed E-state index contributed by atoms with van der Waals surface area (Å²) >= 11 is 0. The van der Waals surface area contributed by atoms with E-state index in [1.165, 1.54) is 6.92 Å². The van der Waals surface area contributed by atoms with Gasteiger partial charge in [0.25, 0.3) is 0 Å². The Kier molecular flexibility index (Phi) is 5.87. The van der Waals surface area contributed by atoms with Crippen LogP contribution in [0.5, 0.6) is 5.75 Å². The van der Waals surface area contributed by atoms with Crippen molar-refractivity contribution in [1.29, 1.82) is 0 Å². The number of ether oxygens (including phenoxy) is 3. The smallest absolute Gasteiger partial charge is 0.340 e. The largest absolute Gasteiger partial charge is 0.488 e. The molecule has 2 heterocycles. The van der Waals surface area contributed by atoms with Crippen molar-refractivity contribution in [3.05, 3.63) is 57.9 Å². The van der Waals surface area contributed by atoms with E-state index in [9.17, 15) is 14.4 Å². The molecule has 0 amide bonds. The van der Waals surface area contributed by atoms with E-state index in [2.05, 4.69) is 4.98 Å². The average molecular weight is 397 g/mol. The van der Waals surface area contributed by atoms with Crippen LogP contribution in [-0.2, 0) is 14.3 Å². The first-order valence-electron chi connectivity index (χ1n) is 9.37. The number of hydrogen-bond acceptors (Lipinski definition) is 6. The van der Waals surface area contributed by atoms with Gasteiger partial charge in [-0.25, -0.2) is 9.59 Å². The molecule has 0 fully saturated rings. The molecule has 1 aliphatic heterocycles. The van der Waals surface area contributed by atoms with Gasteiger partial charge in [0.15, 0.2) is 6.10 Å². The van der Waals surface area contributed by atoms with Gasteiger partial charge in [0.2, 0.25) is 5.78 Å². The molecule has 0 radical (unpaired) electrons. The van der Waals surface area contributed by atoms with E-state index < -0.39 is 23.8 Å². The predicted octanol–water partition coefficient (Wildman–Crippen LogP) is 3.40. The van der Waals surface area contributed by atoms with E-state index in [0.29, 0.717) is 28.1 Å². The van der Waals surface area contributed by atoms with Gasteiger partial charge in [-0.2, -0.15) is 0 Å². The van der Waals surface area contributed by atoms with Crippen LogP contribution in [0, 0.1) is 13.8 Å². The Morgan fingerprint density at radius 3 is 2.62 bits per heavy atom. The Hall–Kier alpha value is -3.35. The van der Waals surface area contributed by atoms with E-state index in [-0.39, 0.29) is 18.9 Å². The van der Waals surface area contributed by atoms with Crippen LogP contribution in [0.15, 0.2) is 29.8 Å². The highest BCUT2D eigenvalue weighted by Crippen LogP contribution is 2.27. The van der Waals surface area contributed by atoms with Crippen molar-refractivity contribution in [1.82, 2.24) is 4.98 Å². The Labute approximate surface area is 168 Å². The number of ketones is 1. The number of carbonyl (C=O) groups is 3. The molecule has 0 bridgehead atoms. The average Bonchev–Trinajstić information content (AvgIpc) is 3.01. The zero-order chi connectivity index (χ0) is 21.1. The molecule has 0 saturated carbocycles. The SMILES string of the molecule is CCOC(=O)c1c(C)[nH]c(C(=O)[C@H](C)OC(=O)C2=Cc3ccccc3OC2)c1C. The number of H-pyrrole nitrogens is 1. The van der Waals surface area contributed by atoms with E-state index in [1.807, 2.05) is 24.3 Å². The number of benzene rings is 1. The molecule has 2 aromatic rings. The molecule has 1 atom stereocenters. The Balaban J connectivity index is 1.75. The molecule has 1 aromatic heterocycles. The van der Waals surface area contributed by atoms with Gasteiger partial charge in [-0.15, -0.1) is 0 Å². The minimum absolute atomic E-state index is 0.0738. The molecule has 152 valence electrons. The van der Waals surface area contributed by atoms with E-state index >= 15 is 0 Å². The van der Waals surface area contributed by atoms with E-state index in [1.54, 1.807) is 26.8 Å². The monoisotopic (exact) mass is 397 g/mol. The van der Waals surface area contributed by atoms with Crippen LogP contribution in [0.25, 0.3) is 6.08 Å². The van der Waals surface area contributed by atoms with E-state index in [4.69, 9.17) is 14.2 Å². The molecule has 1 aliphatic rings. The highest BCUT2D eigenvalue weighted by atomic mass is 16.6. The van der Waals surface area contributed by atoms with Gasteiger partial charge in [0.1, 0.15) is 12.4 Å². The predicted molar refractivity (Wildman–Crippen MR) is 106 cm³/mol. The molecule has 7 nitrogen and oxygen atoms in total. The number of aryl methyl sites for hydroxylation is 1. The third-order valence-corrected chi connectivity index (χ3v) is 4.71. The number of para-hydroxylation sites is 1. The molecular weight excluding hydrogens is 374 g/mol. The molecule has 0 unspecified atom stereocenters. The fraction of sp³-hybridized carbons (Fsp3) is 0.318. The van der Waals surface area contributed by atoms with Gasteiger partial charge < -0.3 is 19.2 Å². The first-order valence-corrected chi connectivity index (χ1v) is 9.37. The molecule has 1 N–H and O–H groups in total. The first-order chi connectivity index (χ1) is 13.8. The summed E-state index contributed by atoms with van der Waals surface area (Å²) in [4.78, 5) is 40.3. The standard InChI is InChI=1S/C22H23NO6/c1-5-27-22(26)18-12(2)19(23-13(18)3)20(24)14(4)29-21(25)16-10-15-8-6-7-9-17(15)28-11-16/h6-10,14,23H,5,11H2,1-4H3/t14-/m0/s1. The zero-order valence-electron chi connectivity index (χ0n) is 16.8. The summed E-state index contributed by atoms with van der Waals surface area (Å²) in [6, 6.07) is 7.34. The van der Waals surface area contributed by atoms with Crippen LogP contribution in [0.3, 0.4) is 0 Å². The summed E-state index contributed by atoms with van der Waals surface area (Å²) < 4.78 is 16.0. The summed E-state index contributed by atoms with van der Waals surface area (Å²) in [5.41, 5.74) is 2.67. The van der Waals surface area contributed by atoms with Crippen LogP contribution in [0.1, 0.15) is 51.5 Å². The Bertz CT molecular complexity index is 1000. The van der Waals surface area contributed by atoms with Gasteiger partial charge in [0, 0.05) is 11.3 Å². The number of carbonyl (C=O) groups excluding carboxylic acids is 3. The summed E-state index contributed by atoms with van der Waals surface area (Å²) in [5.74, 6) is -0.845. The number of hydrogen-bond donors (Lipinski definition) is 1. The van der Waals surface area contributed by atoms with Gasteiger partial charge in [-0.1, -0.05) is 18.2 Å². The lowest BCUT2D eigenvalue weighted by atomic mass is 10.1. The number of aromatic nitrogens is 1. The second-order valence-corrected chi connectivity index (χ2v) is 6.75. The number of rotatable bonds is 6. The van der Waals surface area contributed by atoms with Crippen LogP contribution >= 0.6 is 0 Å². The molecule has 3 rings (SSSR count). The molecule has 1 aromatic carbocycles.